The van der Waals surface area contributed by atoms with Crippen molar-refractivity contribution in [3.8, 4) is 0 Å². The zero-order chi connectivity index (χ0) is 13.9. The molecule has 0 saturated carbocycles. The molecular formula is C11H16F3NO3. The zero-order valence-corrected chi connectivity index (χ0v) is 10.3. The quantitative estimate of drug-likeness (QED) is 0.733. The molecule has 4 nitrogen and oxygen atoms in total. The van der Waals surface area contributed by atoms with Gasteiger partial charge in [-0.3, -0.25) is 4.79 Å². The van der Waals surface area contributed by atoms with Crippen LogP contribution in [0.25, 0.3) is 0 Å². The van der Waals surface area contributed by atoms with E-state index in [0.29, 0.717) is 17.7 Å². The van der Waals surface area contributed by atoms with E-state index in [9.17, 15) is 22.8 Å². The maximum Gasteiger partial charge on any atom is 0.471 e. The number of carbonyl (C=O) groups is 2. The molecule has 0 spiro atoms. The van der Waals surface area contributed by atoms with E-state index in [0.717, 1.165) is 0 Å². The maximum absolute atomic E-state index is 12.3. The van der Waals surface area contributed by atoms with E-state index in [2.05, 4.69) is 0 Å². The van der Waals surface area contributed by atoms with Gasteiger partial charge in [-0.05, 0) is 26.2 Å². The zero-order valence-electron chi connectivity index (χ0n) is 10.3. The predicted molar refractivity (Wildman–Crippen MR) is 56.6 cm³/mol. The van der Waals surface area contributed by atoms with Crippen molar-refractivity contribution in [1.82, 2.24) is 4.90 Å². The van der Waals surface area contributed by atoms with Crippen LogP contribution in [0.15, 0.2) is 0 Å². The average Bonchev–Trinajstić information content (AvgIpc) is 2.75. The molecule has 1 amide bonds. The van der Waals surface area contributed by atoms with Gasteiger partial charge in [0, 0.05) is 6.54 Å². The summed E-state index contributed by atoms with van der Waals surface area (Å²) in [6.07, 6.45) is -4.13. The van der Waals surface area contributed by atoms with Gasteiger partial charge >= 0.3 is 18.1 Å². The van der Waals surface area contributed by atoms with Crippen LogP contribution >= 0.6 is 0 Å². The van der Waals surface area contributed by atoms with Crippen molar-refractivity contribution < 1.29 is 27.5 Å². The van der Waals surface area contributed by atoms with Gasteiger partial charge in [0.2, 0.25) is 0 Å². The van der Waals surface area contributed by atoms with Gasteiger partial charge in [0.1, 0.15) is 6.04 Å². The molecule has 1 heterocycles. The van der Waals surface area contributed by atoms with Gasteiger partial charge in [-0.15, -0.1) is 0 Å². The lowest BCUT2D eigenvalue weighted by atomic mass is 10.2. The van der Waals surface area contributed by atoms with Crippen LogP contribution < -0.4 is 0 Å². The summed E-state index contributed by atoms with van der Waals surface area (Å²) >= 11 is 0. The number of hydrogen-bond acceptors (Lipinski definition) is 3. The highest BCUT2D eigenvalue weighted by molar-refractivity contribution is 5.88. The van der Waals surface area contributed by atoms with Crippen LogP contribution in [0.5, 0.6) is 0 Å². The number of alkyl halides is 3. The van der Waals surface area contributed by atoms with Crippen LogP contribution in [-0.2, 0) is 14.3 Å². The second-order valence-electron chi connectivity index (χ2n) is 4.31. The third-order valence-corrected chi connectivity index (χ3v) is 2.92. The first kappa shape index (κ1) is 14.8. The molecule has 1 aliphatic heterocycles. The summed E-state index contributed by atoms with van der Waals surface area (Å²) in [7, 11) is 0. The molecule has 0 aliphatic carbocycles. The van der Waals surface area contributed by atoms with Crippen molar-refractivity contribution in [2.24, 2.45) is 0 Å². The lowest BCUT2D eigenvalue weighted by molar-refractivity contribution is -0.189. The van der Waals surface area contributed by atoms with E-state index < -0.39 is 24.1 Å². The second kappa shape index (κ2) is 5.58. The Hall–Kier alpha value is -1.27. The highest BCUT2D eigenvalue weighted by atomic mass is 19.4. The Bertz CT molecular complexity index is 330. The first-order valence-electron chi connectivity index (χ1n) is 5.85. The van der Waals surface area contributed by atoms with Gasteiger partial charge in [-0.25, -0.2) is 4.79 Å². The van der Waals surface area contributed by atoms with Crippen molar-refractivity contribution in [3.05, 3.63) is 0 Å². The first-order chi connectivity index (χ1) is 8.27. The molecule has 1 rings (SSSR count). The highest BCUT2D eigenvalue weighted by Gasteiger charge is 2.48. The van der Waals surface area contributed by atoms with Crippen LogP contribution in [0.1, 0.15) is 33.1 Å². The summed E-state index contributed by atoms with van der Waals surface area (Å²) in [5.74, 6) is -2.72. The molecule has 1 saturated heterocycles. The predicted octanol–water partition coefficient (Wildman–Crippen LogP) is 1.88. The number of likely N-dealkylation sites (tertiary alicyclic amines) is 1. The number of hydrogen-bond donors (Lipinski definition) is 0. The van der Waals surface area contributed by atoms with Crippen LogP contribution in [0, 0.1) is 0 Å². The summed E-state index contributed by atoms with van der Waals surface area (Å²) in [6, 6.07) is -1.10. The Morgan fingerprint density at radius 3 is 2.56 bits per heavy atom. The average molecular weight is 267 g/mol. The molecule has 18 heavy (non-hydrogen) atoms. The molecule has 7 heteroatoms. The van der Waals surface area contributed by atoms with E-state index in [1.807, 2.05) is 0 Å². The van der Waals surface area contributed by atoms with Crippen molar-refractivity contribution in [1.29, 1.82) is 0 Å². The SMILES string of the molecule is CCC(C)OC(=O)[C@@H]1CCCN1C(=O)C(F)(F)F. The molecule has 0 aromatic heterocycles. The normalized spacial score (nSPS) is 21.8. The smallest absolute Gasteiger partial charge is 0.461 e. The Morgan fingerprint density at radius 1 is 1.44 bits per heavy atom. The Balaban J connectivity index is 2.71. The van der Waals surface area contributed by atoms with Crippen molar-refractivity contribution >= 4 is 11.9 Å². The van der Waals surface area contributed by atoms with Crippen LogP contribution in [0.2, 0.25) is 0 Å². The van der Waals surface area contributed by atoms with Crippen LogP contribution in [0.3, 0.4) is 0 Å². The number of esters is 1. The molecule has 0 aromatic carbocycles. The van der Waals surface area contributed by atoms with Crippen LogP contribution in [0.4, 0.5) is 13.2 Å². The fourth-order valence-electron chi connectivity index (χ4n) is 1.78. The van der Waals surface area contributed by atoms with E-state index >= 15 is 0 Å². The van der Waals surface area contributed by atoms with Gasteiger partial charge in [-0.1, -0.05) is 6.92 Å². The minimum absolute atomic E-state index is 0.0569. The van der Waals surface area contributed by atoms with Crippen molar-refractivity contribution in [3.63, 3.8) is 0 Å². The number of halogens is 3. The third kappa shape index (κ3) is 3.36. The fraction of sp³-hybridized carbons (Fsp3) is 0.818. The van der Waals surface area contributed by atoms with Crippen molar-refractivity contribution in [2.45, 2.75) is 51.4 Å². The molecule has 104 valence electrons. The minimum atomic E-state index is -4.95. The lowest BCUT2D eigenvalue weighted by Gasteiger charge is -2.25. The summed E-state index contributed by atoms with van der Waals surface area (Å²) in [6.45, 7) is 3.40. The monoisotopic (exact) mass is 267 g/mol. The number of carbonyl (C=O) groups excluding carboxylic acids is 2. The number of rotatable bonds is 3. The largest absolute Gasteiger partial charge is 0.471 e. The lowest BCUT2D eigenvalue weighted by Crippen LogP contribution is -2.47. The van der Waals surface area contributed by atoms with E-state index in [1.165, 1.54) is 0 Å². The van der Waals surface area contributed by atoms with Gasteiger partial charge in [-0.2, -0.15) is 13.2 Å². The van der Waals surface area contributed by atoms with Crippen molar-refractivity contribution in [2.75, 3.05) is 6.54 Å². The number of ether oxygens (including phenoxy) is 1. The first-order valence-corrected chi connectivity index (χ1v) is 5.85. The van der Waals surface area contributed by atoms with Gasteiger partial charge in [0.05, 0.1) is 6.10 Å². The number of nitrogens with zero attached hydrogens (tertiary/aromatic N) is 1. The Morgan fingerprint density at radius 2 is 2.06 bits per heavy atom. The summed E-state index contributed by atoms with van der Waals surface area (Å²) in [5, 5.41) is 0. The Kier molecular flexibility index (Phi) is 4.59. The fourth-order valence-corrected chi connectivity index (χ4v) is 1.78. The number of amides is 1. The topological polar surface area (TPSA) is 46.6 Å². The van der Waals surface area contributed by atoms with E-state index in [1.54, 1.807) is 13.8 Å². The third-order valence-electron chi connectivity index (χ3n) is 2.92. The standard InChI is InChI=1S/C11H16F3NO3/c1-3-7(2)18-9(16)8-5-4-6-15(8)10(17)11(12,13)14/h7-8H,3-6H2,1-2H3/t7?,8-/m0/s1. The second-order valence-corrected chi connectivity index (χ2v) is 4.31. The van der Waals surface area contributed by atoms with E-state index in [-0.39, 0.29) is 19.1 Å². The van der Waals surface area contributed by atoms with Gasteiger partial charge in [0.15, 0.2) is 0 Å². The summed E-state index contributed by atoms with van der Waals surface area (Å²) in [4.78, 5) is 23.4. The maximum atomic E-state index is 12.3. The minimum Gasteiger partial charge on any atom is -0.461 e. The molecule has 1 unspecified atom stereocenters. The highest BCUT2D eigenvalue weighted by Crippen LogP contribution is 2.26. The Labute approximate surface area is 103 Å². The van der Waals surface area contributed by atoms with Gasteiger partial charge < -0.3 is 9.64 Å². The molecule has 2 atom stereocenters. The molecule has 0 aromatic rings. The molecule has 0 bridgehead atoms. The summed E-state index contributed by atoms with van der Waals surface area (Å²) in [5.41, 5.74) is 0. The molecule has 0 radical (unpaired) electrons. The molecular weight excluding hydrogens is 251 g/mol. The molecule has 1 aliphatic rings. The molecule has 1 fully saturated rings. The van der Waals surface area contributed by atoms with Crippen LogP contribution in [-0.4, -0.2) is 41.6 Å². The molecule has 0 N–H and O–H groups in total. The van der Waals surface area contributed by atoms with E-state index in [4.69, 9.17) is 4.74 Å². The summed E-state index contributed by atoms with van der Waals surface area (Å²) < 4.78 is 41.9. The van der Waals surface area contributed by atoms with Gasteiger partial charge in [0.25, 0.3) is 0 Å².